The normalized spacial score (nSPS) is 38.5. The molecule has 2 fully saturated rings. The van der Waals surface area contributed by atoms with Gasteiger partial charge in [0.15, 0.2) is 9.84 Å². The van der Waals surface area contributed by atoms with Gasteiger partial charge in [-0.3, -0.25) is 0 Å². The molecule has 0 radical (unpaired) electrons. The van der Waals surface area contributed by atoms with Crippen LogP contribution in [0, 0.1) is 16.7 Å². The van der Waals surface area contributed by atoms with Crippen molar-refractivity contribution in [3.63, 3.8) is 0 Å². The highest BCUT2D eigenvalue weighted by Gasteiger charge is 2.73. The molecule has 0 amide bonds. The lowest BCUT2D eigenvalue weighted by Gasteiger charge is -2.21. The third kappa shape index (κ3) is 2.14. The van der Waals surface area contributed by atoms with Crippen LogP contribution in [0.1, 0.15) is 41.0 Å². The summed E-state index contributed by atoms with van der Waals surface area (Å²) in [5, 5.41) is 3.52. The van der Waals surface area contributed by atoms with Crippen molar-refractivity contribution < 1.29 is 8.42 Å². The van der Waals surface area contributed by atoms with Crippen molar-refractivity contribution in [1.82, 2.24) is 5.32 Å². The summed E-state index contributed by atoms with van der Waals surface area (Å²) in [6, 6.07) is 0. The lowest BCUT2D eigenvalue weighted by atomic mass is 9.95. The molecule has 1 spiro atoms. The zero-order valence-corrected chi connectivity index (χ0v) is 12.4. The first-order chi connectivity index (χ1) is 7.50. The molecule has 0 aromatic heterocycles. The minimum atomic E-state index is -2.78. The van der Waals surface area contributed by atoms with E-state index >= 15 is 0 Å². The summed E-state index contributed by atoms with van der Waals surface area (Å²) in [7, 11) is -2.78. The number of rotatable bonds is 2. The summed E-state index contributed by atoms with van der Waals surface area (Å²) in [4.78, 5) is 0. The Bertz CT molecular complexity index is 419. The maximum Gasteiger partial charge on any atom is 0.150 e. The monoisotopic (exact) mass is 259 g/mol. The largest absolute Gasteiger partial charge is 0.312 e. The second-order valence-electron chi connectivity index (χ2n) is 7.40. The van der Waals surface area contributed by atoms with Crippen molar-refractivity contribution >= 4 is 9.84 Å². The topological polar surface area (TPSA) is 46.2 Å². The summed E-state index contributed by atoms with van der Waals surface area (Å²) in [6.45, 7) is 11.8. The molecule has 2 unspecified atom stereocenters. The van der Waals surface area contributed by atoms with E-state index in [1.54, 1.807) is 0 Å². The third-order valence-corrected chi connectivity index (χ3v) is 6.69. The number of hydrogen-bond donors (Lipinski definition) is 1. The van der Waals surface area contributed by atoms with E-state index in [4.69, 9.17) is 0 Å². The molecule has 2 rings (SSSR count). The van der Waals surface area contributed by atoms with Gasteiger partial charge in [0.25, 0.3) is 0 Å². The van der Waals surface area contributed by atoms with Crippen LogP contribution in [-0.4, -0.2) is 32.0 Å². The maximum atomic E-state index is 11.7. The molecule has 1 saturated carbocycles. The molecular formula is C13H25NO2S. The number of nitrogens with one attached hydrogen (secondary N) is 1. The minimum absolute atomic E-state index is 0.0596. The third-order valence-electron chi connectivity index (χ3n) is 4.91. The maximum absolute atomic E-state index is 11.7. The van der Waals surface area contributed by atoms with Gasteiger partial charge in [0, 0.05) is 5.54 Å². The molecule has 1 aliphatic carbocycles. The molecule has 17 heavy (non-hydrogen) atoms. The Morgan fingerprint density at radius 2 is 1.88 bits per heavy atom. The van der Waals surface area contributed by atoms with Crippen LogP contribution in [0.2, 0.25) is 0 Å². The van der Waals surface area contributed by atoms with Crippen molar-refractivity contribution in [2.75, 3.05) is 18.1 Å². The molecule has 2 aliphatic rings. The SMILES string of the molecule is CC(C)(C)NCC1C(C)(C)C12CCS(=O)(=O)C2. The van der Waals surface area contributed by atoms with Gasteiger partial charge in [-0.15, -0.1) is 0 Å². The second kappa shape index (κ2) is 3.47. The summed E-state index contributed by atoms with van der Waals surface area (Å²) >= 11 is 0. The predicted molar refractivity (Wildman–Crippen MR) is 70.7 cm³/mol. The Labute approximate surface area is 105 Å². The lowest BCUT2D eigenvalue weighted by Crippen LogP contribution is -2.38. The fraction of sp³-hybridized carbons (Fsp3) is 1.00. The molecule has 100 valence electrons. The highest BCUT2D eigenvalue weighted by Crippen LogP contribution is 2.72. The predicted octanol–water partition coefficient (Wildman–Crippen LogP) is 1.84. The van der Waals surface area contributed by atoms with Gasteiger partial charge in [0.2, 0.25) is 0 Å². The lowest BCUT2D eigenvalue weighted by molar-refractivity contribution is 0.390. The van der Waals surface area contributed by atoms with Crippen molar-refractivity contribution in [1.29, 1.82) is 0 Å². The summed E-state index contributed by atoms with van der Waals surface area (Å²) < 4.78 is 23.4. The van der Waals surface area contributed by atoms with Crippen molar-refractivity contribution in [2.24, 2.45) is 16.7 Å². The van der Waals surface area contributed by atoms with Crippen molar-refractivity contribution in [3.05, 3.63) is 0 Å². The Hall–Kier alpha value is -0.0900. The summed E-state index contributed by atoms with van der Waals surface area (Å²) in [5.41, 5.74) is 0.343. The van der Waals surface area contributed by atoms with Gasteiger partial charge in [-0.05, 0) is 50.5 Å². The fourth-order valence-corrected chi connectivity index (χ4v) is 5.90. The average molecular weight is 259 g/mol. The van der Waals surface area contributed by atoms with Crippen LogP contribution in [-0.2, 0) is 9.84 Å². The van der Waals surface area contributed by atoms with Crippen LogP contribution in [0.25, 0.3) is 0 Å². The van der Waals surface area contributed by atoms with Gasteiger partial charge in [-0.25, -0.2) is 8.42 Å². The Balaban J connectivity index is 2.07. The van der Waals surface area contributed by atoms with Crippen LogP contribution >= 0.6 is 0 Å². The highest BCUT2D eigenvalue weighted by atomic mass is 32.2. The first-order valence-electron chi connectivity index (χ1n) is 6.46. The van der Waals surface area contributed by atoms with Crippen LogP contribution in [0.4, 0.5) is 0 Å². The number of sulfone groups is 1. The molecule has 0 aromatic rings. The van der Waals surface area contributed by atoms with E-state index in [1.165, 1.54) is 0 Å². The first-order valence-corrected chi connectivity index (χ1v) is 8.28. The van der Waals surface area contributed by atoms with Crippen LogP contribution in [0.5, 0.6) is 0 Å². The molecule has 0 aromatic carbocycles. The van der Waals surface area contributed by atoms with Crippen LogP contribution < -0.4 is 5.32 Å². The minimum Gasteiger partial charge on any atom is -0.312 e. The van der Waals surface area contributed by atoms with E-state index in [9.17, 15) is 8.42 Å². The van der Waals surface area contributed by atoms with Crippen molar-refractivity contribution in [2.45, 2.75) is 46.6 Å². The van der Waals surface area contributed by atoms with Gasteiger partial charge in [0.05, 0.1) is 11.5 Å². The second-order valence-corrected chi connectivity index (χ2v) is 9.59. The van der Waals surface area contributed by atoms with Gasteiger partial charge >= 0.3 is 0 Å². The molecule has 0 bridgehead atoms. The molecule has 1 aliphatic heterocycles. The van der Waals surface area contributed by atoms with E-state index in [0.29, 0.717) is 17.4 Å². The average Bonchev–Trinajstić information content (AvgIpc) is 2.40. The molecule has 1 N–H and O–H groups in total. The van der Waals surface area contributed by atoms with Gasteiger partial charge in [0.1, 0.15) is 0 Å². The molecule has 1 heterocycles. The molecule has 2 atom stereocenters. The van der Waals surface area contributed by atoms with Crippen molar-refractivity contribution in [3.8, 4) is 0 Å². The van der Waals surface area contributed by atoms with E-state index in [1.807, 2.05) is 0 Å². The van der Waals surface area contributed by atoms with Crippen LogP contribution in [0.3, 0.4) is 0 Å². The van der Waals surface area contributed by atoms with E-state index in [-0.39, 0.29) is 16.4 Å². The number of hydrogen-bond acceptors (Lipinski definition) is 3. The summed E-state index contributed by atoms with van der Waals surface area (Å²) in [6.07, 6.45) is 0.860. The zero-order chi connectivity index (χ0) is 13.1. The van der Waals surface area contributed by atoms with E-state index in [0.717, 1.165) is 13.0 Å². The van der Waals surface area contributed by atoms with Gasteiger partial charge in [-0.2, -0.15) is 0 Å². The quantitative estimate of drug-likeness (QED) is 0.823. The molecular weight excluding hydrogens is 234 g/mol. The van der Waals surface area contributed by atoms with E-state index < -0.39 is 9.84 Å². The fourth-order valence-electron chi connectivity index (χ4n) is 3.58. The summed E-state index contributed by atoms with van der Waals surface area (Å²) in [5.74, 6) is 1.30. The molecule has 1 saturated heterocycles. The van der Waals surface area contributed by atoms with Gasteiger partial charge < -0.3 is 5.32 Å². The Kier molecular flexibility index (Phi) is 2.73. The zero-order valence-electron chi connectivity index (χ0n) is 11.6. The molecule has 3 nitrogen and oxygen atoms in total. The van der Waals surface area contributed by atoms with Crippen LogP contribution in [0.15, 0.2) is 0 Å². The van der Waals surface area contributed by atoms with Gasteiger partial charge in [-0.1, -0.05) is 13.8 Å². The first kappa shape index (κ1) is 13.3. The standard InChI is InChI=1S/C13H25NO2S/c1-11(2,3)14-8-10-12(4,5)13(10)6-7-17(15,16)9-13/h10,14H,6-9H2,1-5H3. The molecule has 4 heteroatoms. The Morgan fingerprint density at radius 3 is 2.29 bits per heavy atom. The highest BCUT2D eigenvalue weighted by molar-refractivity contribution is 7.91. The smallest absolute Gasteiger partial charge is 0.150 e. The van der Waals surface area contributed by atoms with E-state index in [2.05, 4.69) is 39.9 Å². The Morgan fingerprint density at radius 1 is 1.29 bits per heavy atom.